The summed E-state index contributed by atoms with van der Waals surface area (Å²) in [6.07, 6.45) is -0.802. The van der Waals surface area contributed by atoms with Crippen molar-refractivity contribution in [1.82, 2.24) is 9.47 Å². The first-order chi connectivity index (χ1) is 8.04. The molecule has 1 aromatic heterocycles. The first-order valence-electron chi connectivity index (χ1n) is 5.72. The lowest BCUT2D eigenvalue weighted by atomic mass is 10.2. The minimum atomic E-state index is -1.03. The predicted octanol–water partition coefficient (Wildman–Crippen LogP) is 0.878. The molecule has 0 unspecified atom stereocenters. The summed E-state index contributed by atoms with van der Waals surface area (Å²) in [5, 5.41) is 9.16. The van der Waals surface area contributed by atoms with Gasteiger partial charge in [-0.2, -0.15) is 0 Å². The molecule has 0 radical (unpaired) electrons. The molecule has 2 rings (SSSR count). The monoisotopic (exact) mass is 240 g/mol. The van der Waals surface area contributed by atoms with Crippen LogP contribution in [0.2, 0.25) is 0 Å². The van der Waals surface area contributed by atoms with E-state index in [9.17, 15) is 9.18 Å². The summed E-state index contributed by atoms with van der Waals surface area (Å²) in [6.45, 7) is 1.80. The molecule has 94 valence electrons. The van der Waals surface area contributed by atoms with Crippen LogP contribution in [0.15, 0.2) is 12.1 Å². The van der Waals surface area contributed by atoms with E-state index < -0.39 is 12.2 Å². The number of amides is 1. The molecule has 5 heteroatoms. The Hall–Kier alpha value is -1.36. The standard InChI is InChI=1S/C12H17FN2O2/c1-8-3-4-11(14(8)2)12(17)15-6-9(13)5-10(15)7-16/h3-4,9-10,16H,5-7H2,1-2H3/t9-,10-/m0/s1. The summed E-state index contributed by atoms with van der Waals surface area (Å²) in [5.74, 6) is -0.209. The predicted molar refractivity (Wildman–Crippen MR) is 61.6 cm³/mol. The number of aromatic nitrogens is 1. The summed E-state index contributed by atoms with van der Waals surface area (Å²) in [5.41, 5.74) is 1.51. The van der Waals surface area contributed by atoms with Gasteiger partial charge in [0.05, 0.1) is 19.2 Å². The number of carbonyl (C=O) groups is 1. The largest absolute Gasteiger partial charge is 0.394 e. The Labute approximate surface area is 99.6 Å². The number of aliphatic hydroxyl groups is 1. The van der Waals surface area contributed by atoms with Gasteiger partial charge in [0.1, 0.15) is 11.9 Å². The Kier molecular flexibility index (Phi) is 3.19. The van der Waals surface area contributed by atoms with E-state index in [-0.39, 0.29) is 25.5 Å². The van der Waals surface area contributed by atoms with E-state index in [1.807, 2.05) is 13.0 Å². The summed E-state index contributed by atoms with van der Waals surface area (Å²) >= 11 is 0. The molecule has 1 N–H and O–H groups in total. The third-order valence-corrected chi connectivity index (χ3v) is 3.43. The number of halogens is 1. The van der Waals surface area contributed by atoms with Gasteiger partial charge < -0.3 is 14.6 Å². The maximum atomic E-state index is 13.3. The fourth-order valence-corrected chi connectivity index (χ4v) is 2.26. The maximum Gasteiger partial charge on any atom is 0.270 e. The molecule has 1 fully saturated rings. The Morgan fingerprint density at radius 3 is 2.82 bits per heavy atom. The van der Waals surface area contributed by atoms with Gasteiger partial charge in [0.2, 0.25) is 0 Å². The van der Waals surface area contributed by atoms with Gasteiger partial charge in [0.15, 0.2) is 0 Å². The number of aliphatic hydroxyl groups excluding tert-OH is 1. The average molecular weight is 240 g/mol. The van der Waals surface area contributed by atoms with Crippen molar-refractivity contribution < 1.29 is 14.3 Å². The van der Waals surface area contributed by atoms with Crippen LogP contribution >= 0.6 is 0 Å². The van der Waals surface area contributed by atoms with Crippen molar-refractivity contribution in [2.75, 3.05) is 13.2 Å². The third kappa shape index (κ3) is 2.07. The first kappa shape index (κ1) is 12.1. The van der Waals surface area contributed by atoms with Crippen molar-refractivity contribution in [2.24, 2.45) is 7.05 Å². The van der Waals surface area contributed by atoms with Gasteiger partial charge in [0, 0.05) is 19.2 Å². The molecule has 17 heavy (non-hydrogen) atoms. The molecule has 0 bridgehead atoms. The number of likely N-dealkylation sites (tertiary alicyclic amines) is 1. The molecule has 1 saturated heterocycles. The Balaban J connectivity index is 2.23. The van der Waals surface area contributed by atoms with Gasteiger partial charge in [-0.3, -0.25) is 4.79 Å². The molecule has 0 saturated carbocycles. The normalized spacial score (nSPS) is 24.4. The molecule has 0 aliphatic carbocycles. The minimum absolute atomic E-state index is 0.0777. The van der Waals surface area contributed by atoms with Crippen molar-refractivity contribution >= 4 is 5.91 Å². The van der Waals surface area contributed by atoms with Crippen molar-refractivity contribution in [2.45, 2.75) is 25.6 Å². The second-order valence-electron chi connectivity index (χ2n) is 4.55. The highest BCUT2D eigenvalue weighted by atomic mass is 19.1. The van der Waals surface area contributed by atoms with Crippen molar-refractivity contribution in [3.63, 3.8) is 0 Å². The maximum absolute atomic E-state index is 13.3. The average Bonchev–Trinajstić information content (AvgIpc) is 2.83. The topological polar surface area (TPSA) is 45.5 Å². The number of rotatable bonds is 2. The van der Waals surface area contributed by atoms with Gasteiger partial charge in [-0.15, -0.1) is 0 Å². The minimum Gasteiger partial charge on any atom is -0.394 e. The van der Waals surface area contributed by atoms with Gasteiger partial charge in [-0.05, 0) is 19.1 Å². The second kappa shape index (κ2) is 4.49. The van der Waals surface area contributed by atoms with E-state index >= 15 is 0 Å². The van der Waals surface area contributed by atoms with Crippen LogP contribution in [-0.4, -0.2) is 45.8 Å². The van der Waals surface area contributed by atoms with Crippen LogP contribution < -0.4 is 0 Å². The zero-order valence-corrected chi connectivity index (χ0v) is 10.1. The number of nitrogens with zero attached hydrogens (tertiary/aromatic N) is 2. The van der Waals surface area contributed by atoms with E-state index in [0.29, 0.717) is 5.69 Å². The van der Waals surface area contributed by atoms with E-state index in [4.69, 9.17) is 5.11 Å². The Morgan fingerprint density at radius 1 is 1.59 bits per heavy atom. The number of alkyl halides is 1. The highest BCUT2D eigenvalue weighted by molar-refractivity contribution is 5.93. The highest BCUT2D eigenvalue weighted by Crippen LogP contribution is 2.22. The SMILES string of the molecule is Cc1ccc(C(=O)N2C[C@@H](F)C[C@H]2CO)n1C. The summed E-state index contributed by atoms with van der Waals surface area (Å²) in [7, 11) is 1.81. The highest BCUT2D eigenvalue weighted by Gasteiger charge is 2.36. The molecule has 0 spiro atoms. The molecule has 1 aliphatic rings. The quantitative estimate of drug-likeness (QED) is 0.834. The lowest BCUT2D eigenvalue weighted by Crippen LogP contribution is -2.38. The molecule has 2 atom stereocenters. The van der Waals surface area contributed by atoms with Gasteiger partial charge in [-0.25, -0.2) is 4.39 Å². The first-order valence-corrected chi connectivity index (χ1v) is 5.72. The molecular formula is C12H17FN2O2. The van der Waals surface area contributed by atoms with E-state index in [0.717, 1.165) is 5.69 Å². The van der Waals surface area contributed by atoms with E-state index in [1.165, 1.54) is 4.90 Å². The molecule has 2 heterocycles. The van der Waals surface area contributed by atoms with Crippen molar-refractivity contribution in [3.8, 4) is 0 Å². The molecule has 1 aliphatic heterocycles. The lowest BCUT2D eigenvalue weighted by Gasteiger charge is -2.22. The second-order valence-corrected chi connectivity index (χ2v) is 4.55. The van der Waals surface area contributed by atoms with Crippen LogP contribution in [0, 0.1) is 6.92 Å². The number of aryl methyl sites for hydroxylation is 1. The molecular weight excluding hydrogens is 223 g/mol. The lowest BCUT2D eigenvalue weighted by molar-refractivity contribution is 0.0663. The number of carbonyl (C=O) groups excluding carboxylic acids is 1. The summed E-state index contributed by atoms with van der Waals surface area (Å²) < 4.78 is 15.1. The third-order valence-electron chi connectivity index (χ3n) is 3.43. The van der Waals surface area contributed by atoms with Crippen molar-refractivity contribution in [1.29, 1.82) is 0 Å². The van der Waals surface area contributed by atoms with Gasteiger partial charge in [-0.1, -0.05) is 0 Å². The Morgan fingerprint density at radius 2 is 2.29 bits per heavy atom. The van der Waals surface area contributed by atoms with Crippen LogP contribution in [0.4, 0.5) is 4.39 Å². The fraction of sp³-hybridized carbons (Fsp3) is 0.583. The number of hydrogen-bond acceptors (Lipinski definition) is 2. The Bertz CT molecular complexity index is 430. The zero-order valence-electron chi connectivity index (χ0n) is 10.1. The van der Waals surface area contributed by atoms with Gasteiger partial charge in [0.25, 0.3) is 5.91 Å². The van der Waals surface area contributed by atoms with Crippen LogP contribution in [0.5, 0.6) is 0 Å². The molecule has 4 nitrogen and oxygen atoms in total. The zero-order chi connectivity index (χ0) is 12.6. The smallest absolute Gasteiger partial charge is 0.270 e. The van der Waals surface area contributed by atoms with E-state index in [2.05, 4.69) is 0 Å². The summed E-state index contributed by atoms with van der Waals surface area (Å²) in [6, 6.07) is 3.19. The fourth-order valence-electron chi connectivity index (χ4n) is 2.26. The van der Waals surface area contributed by atoms with Crippen LogP contribution in [-0.2, 0) is 7.05 Å². The van der Waals surface area contributed by atoms with E-state index in [1.54, 1.807) is 17.7 Å². The molecule has 1 amide bonds. The van der Waals surface area contributed by atoms with Crippen LogP contribution in [0.1, 0.15) is 22.6 Å². The van der Waals surface area contributed by atoms with Gasteiger partial charge >= 0.3 is 0 Å². The molecule has 1 aromatic rings. The van der Waals surface area contributed by atoms with Crippen LogP contribution in [0.25, 0.3) is 0 Å². The van der Waals surface area contributed by atoms with Crippen LogP contribution in [0.3, 0.4) is 0 Å². The summed E-state index contributed by atoms with van der Waals surface area (Å²) in [4.78, 5) is 13.7. The number of hydrogen-bond donors (Lipinski definition) is 1. The molecule has 0 aromatic carbocycles. The van der Waals surface area contributed by atoms with Crippen molar-refractivity contribution in [3.05, 3.63) is 23.5 Å².